The van der Waals surface area contributed by atoms with Crippen LogP contribution in [0.15, 0.2) is 22.8 Å². The lowest BCUT2D eigenvalue weighted by Gasteiger charge is -2.10. The van der Waals surface area contributed by atoms with Gasteiger partial charge in [-0.25, -0.2) is 4.79 Å². The summed E-state index contributed by atoms with van der Waals surface area (Å²) in [7, 11) is 1.31. The maximum Gasteiger partial charge on any atom is 0.373 e. The number of carbonyl (C=O) groups is 2. The Morgan fingerprint density at radius 3 is 2.45 bits per heavy atom. The van der Waals surface area contributed by atoms with Crippen molar-refractivity contribution in [3.63, 3.8) is 0 Å². The summed E-state index contributed by atoms with van der Waals surface area (Å²) < 4.78 is 14.2. The van der Waals surface area contributed by atoms with E-state index in [0.29, 0.717) is 6.42 Å². The average molecular weight is 284 g/mol. The second-order valence-corrected chi connectivity index (χ2v) is 4.31. The number of carbonyl (C=O) groups excluding carboxylic acids is 2. The Hall–Kier alpha value is -1.78. The largest absolute Gasteiger partial charge is 0.463 e. The van der Waals surface area contributed by atoms with Gasteiger partial charge >= 0.3 is 11.9 Å². The fraction of sp³-hybridized carbons (Fsp3) is 0.600. The van der Waals surface area contributed by atoms with Crippen molar-refractivity contribution >= 4 is 11.9 Å². The molecule has 1 aromatic rings. The number of ether oxygens (including phenoxy) is 2. The maximum atomic E-state index is 10.9. The lowest BCUT2D eigenvalue weighted by atomic mass is 10.2. The van der Waals surface area contributed by atoms with Gasteiger partial charge in [0.2, 0.25) is 5.76 Å². The van der Waals surface area contributed by atoms with Crippen LogP contribution in [0.5, 0.6) is 0 Å². The highest BCUT2D eigenvalue weighted by Crippen LogP contribution is 2.03. The van der Waals surface area contributed by atoms with Crippen LogP contribution in [0.2, 0.25) is 0 Å². The Labute approximate surface area is 120 Å². The number of rotatable bonds is 6. The van der Waals surface area contributed by atoms with Crippen molar-refractivity contribution in [1.29, 1.82) is 0 Å². The first kappa shape index (κ1) is 18.2. The van der Waals surface area contributed by atoms with Gasteiger partial charge in [0, 0.05) is 6.42 Å². The minimum atomic E-state index is -0.444. The summed E-state index contributed by atoms with van der Waals surface area (Å²) >= 11 is 0. The molecule has 1 heterocycles. The molecule has 114 valence electrons. The molecule has 5 heteroatoms. The van der Waals surface area contributed by atoms with E-state index < -0.39 is 5.97 Å². The van der Waals surface area contributed by atoms with Crippen LogP contribution in [0.4, 0.5) is 0 Å². The molecule has 0 aliphatic carbocycles. The Morgan fingerprint density at radius 1 is 1.30 bits per heavy atom. The van der Waals surface area contributed by atoms with E-state index in [1.54, 1.807) is 12.1 Å². The summed E-state index contributed by atoms with van der Waals surface area (Å²) in [6, 6.07) is 3.18. The summed E-state index contributed by atoms with van der Waals surface area (Å²) in [6.45, 7) is 6.01. The molecule has 1 unspecified atom stereocenters. The number of methoxy groups -OCH3 is 1. The Balaban J connectivity index is 0.000000367. The van der Waals surface area contributed by atoms with Crippen LogP contribution in [-0.2, 0) is 14.3 Å². The molecule has 1 atom stereocenters. The summed E-state index contributed by atoms with van der Waals surface area (Å²) in [4.78, 5) is 21.5. The van der Waals surface area contributed by atoms with Crippen molar-refractivity contribution in [2.24, 2.45) is 0 Å². The number of esters is 2. The van der Waals surface area contributed by atoms with Crippen LogP contribution in [-0.4, -0.2) is 25.2 Å². The highest BCUT2D eigenvalue weighted by molar-refractivity contribution is 5.85. The zero-order valence-electron chi connectivity index (χ0n) is 12.7. The average Bonchev–Trinajstić information content (AvgIpc) is 2.93. The van der Waals surface area contributed by atoms with E-state index in [9.17, 15) is 9.59 Å². The third-order valence-corrected chi connectivity index (χ3v) is 2.39. The molecule has 0 fully saturated rings. The van der Waals surface area contributed by atoms with Crippen LogP contribution in [0.3, 0.4) is 0 Å². The fourth-order valence-electron chi connectivity index (χ4n) is 1.45. The normalized spacial score (nSPS) is 11.0. The summed E-state index contributed by atoms with van der Waals surface area (Å²) in [5.74, 6) is -0.272. The van der Waals surface area contributed by atoms with E-state index in [2.05, 4.69) is 11.7 Å². The molecule has 0 spiro atoms. The van der Waals surface area contributed by atoms with Crippen LogP contribution in [0.25, 0.3) is 0 Å². The molecule has 0 aliphatic heterocycles. The Morgan fingerprint density at radius 2 is 2.00 bits per heavy atom. The molecule has 0 saturated carbocycles. The molecule has 0 saturated heterocycles. The van der Waals surface area contributed by atoms with E-state index in [0.717, 1.165) is 19.3 Å². The smallest absolute Gasteiger partial charge is 0.373 e. The molecule has 5 nitrogen and oxygen atoms in total. The molecule has 0 aromatic carbocycles. The lowest BCUT2D eigenvalue weighted by Crippen LogP contribution is -2.13. The zero-order valence-corrected chi connectivity index (χ0v) is 12.7. The standard InChI is InChI=1S/C9H18O2.C6H6O3/c1-4-6-8(3)11-9(10)7-5-2;1-8-6(7)5-3-2-4-9-5/h8H,4-7H2,1-3H3;2-4H,1H3. The van der Waals surface area contributed by atoms with E-state index in [4.69, 9.17) is 9.15 Å². The second-order valence-electron chi connectivity index (χ2n) is 4.31. The predicted octanol–water partition coefficient (Wildman–Crippen LogP) is 3.58. The molecular formula is C15H24O5. The predicted molar refractivity (Wildman–Crippen MR) is 75.4 cm³/mol. The summed E-state index contributed by atoms with van der Waals surface area (Å²) in [6.07, 6.45) is 4.98. The second kappa shape index (κ2) is 11.1. The lowest BCUT2D eigenvalue weighted by molar-refractivity contribution is -0.148. The van der Waals surface area contributed by atoms with Crippen LogP contribution in [0, 0.1) is 0 Å². The van der Waals surface area contributed by atoms with Gasteiger partial charge in [-0.05, 0) is 31.9 Å². The van der Waals surface area contributed by atoms with Crippen LogP contribution < -0.4 is 0 Å². The fourth-order valence-corrected chi connectivity index (χ4v) is 1.45. The van der Waals surface area contributed by atoms with E-state index in [-0.39, 0.29) is 17.8 Å². The monoisotopic (exact) mass is 284 g/mol. The molecule has 0 radical (unpaired) electrons. The highest BCUT2D eigenvalue weighted by Gasteiger charge is 2.06. The SMILES string of the molecule is CCCC(=O)OC(C)CCC.COC(=O)c1ccco1. The van der Waals surface area contributed by atoms with Crippen molar-refractivity contribution < 1.29 is 23.5 Å². The third-order valence-electron chi connectivity index (χ3n) is 2.39. The maximum absolute atomic E-state index is 10.9. The van der Waals surface area contributed by atoms with Gasteiger partial charge in [-0.2, -0.15) is 0 Å². The van der Waals surface area contributed by atoms with Gasteiger partial charge < -0.3 is 13.9 Å². The highest BCUT2D eigenvalue weighted by atomic mass is 16.5. The third kappa shape index (κ3) is 8.34. The first-order valence-corrected chi connectivity index (χ1v) is 6.86. The van der Waals surface area contributed by atoms with E-state index in [1.807, 2.05) is 13.8 Å². The first-order chi connectivity index (χ1) is 9.54. The quantitative estimate of drug-likeness (QED) is 0.747. The van der Waals surface area contributed by atoms with Gasteiger partial charge in [0.15, 0.2) is 0 Å². The van der Waals surface area contributed by atoms with Gasteiger partial charge in [0.05, 0.1) is 19.5 Å². The number of hydrogen-bond donors (Lipinski definition) is 0. The Bertz CT molecular complexity index is 370. The van der Waals surface area contributed by atoms with E-state index in [1.165, 1.54) is 13.4 Å². The molecule has 0 N–H and O–H groups in total. The molecule has 0 bridgehead atoms. The van der Waals surface area contributed by atoms with Crippen molar-refractivity contribution in [1.82, 2.24) is 0 Å². The minimum absolute atomic E-state index is 0.0616. The topological polar surface area (TPSA) is 65.7 Å². The Kier molecular flexibility index (Phi) is 10.1. The zero-order chi connectivity index (χ0) is 15.4. The number of hydrogen-bond acceptors (Lipinski definition) is 5. The first-order valence-electron chi connectivity index (χ1n) is 6.86. The van der Waals surface area contributed by atoms with Gasteiger partial charge in [-0.15, -0.1) is 0 Å². The summed E-state index contributed by atoms with van der Waals surface area (Å²) in [5.41, 5.74) is 0. The van der Waals surface area contributed by atoms with Crippen molar-refractivity contribution in [3.05, 3.63) is 24.2 Å². The molecular weight excluding hydrogens is 260 g/mol. The summed E-state index contributed by atoms with van der Waals surface area (Å²) in [5, 5.41) is 0. The van der Waals surface area contributed by atoms with Crippen molar-refractivity contribution in [2.75, 3.05) is 7.11 Å². The molecule has 20 heavy (non-hydrogen) atoms. The van der Waals surface area contributed by atoms with Crippen molar-refractivity contribution in [3.8, 4) is 0 Å². The number of furan rings is 1. The van der Waals surface area contributed by atoms with Gasteiger partial charge in [-0.3, -0.25) is 4.79 Å². The molecule has 1 rings (SSSR count). The van der Waals surface area contributed by atoms with E-state index >= 15 is 0 Å². The van der Waals surface area contributed by atoms with Crippen molar-refractivity contribution in [2.45, 2.75) is 52.6 Å². The van der Waals surface area contributed by atoms with Gasteiger partial charge in [-0.1, -0.05) is 20.3 Å². The van der Waals surface area contributed by atoms with Gasteiger partial charge in [0.1, 0.15) is 0 Å². The van der Waals surface area contributed by atoms with Crippen LogP contribution >= 0.6 is 0 Å². The van der Waals surface area contributed by atoms with Crippen LogP contribution in [0.1, 0.15) is 57.0 Å². The molecule has 0 amide bonds. The molecule has 0 aliphatic rings. The minimum Gasteiger partial charge on any atom is -0.463 e. The van der Waals surface area contributed by atoms with Gasteiger partial charge in [0.25, 0.3) is 0 Å². The molecule has 1 aromatic heterocycles.